The van der Waals surface area contributed by atoms with Crippen LogP contribution in [0.1, 0.15) is 18.7 Å². The number of aryl methyl sites for hydroxylation is 2. The maximum atomic E-state index is 12.6. The molecule has 0 aromatic carbocycles. The molecule has 8 heteroatoms. The molecule has 1 atom stereocenters. The van der Waals surface area contributed by atoms with Crippen molar-refractivity contribution < 1.29 is 13.2 Å². The summed E-state index contributed by atoms with van der Waals surface area (Å²) >= 11 is 0. The molecule has 0 aliphatic carbocycles. The van der Waals surface area contributed by atoms with Gasteiger partial charge >= 0.3 is 0 Å². The van der Waals surface area contributed by atoms with E-state index >= 15 is 0 Å². The first kappa shape index (κ1) is 14.0. The Hall–Kier alpha value is -0.960. The molecule has 112 valence electrons. The lowest BCUT2D eigenvalue weighted by molar-refractivity contribution is 0.00444. The zero-order valence-corrected chi connectivity index (χ0v) is 12.2. The van der Waals surface area contributed by atoms with E-state index in [1.165, 1.54) is 4.31 Å². The fourth-order valence-electron chi connectivity index (χ4n) is 2.70. The van der Waals surface area contributed by atoms with Gasteiger partial charge in [-0.1, -0.05) is 0 Å². The average Bonchev–Trinajstić information content (AvgIpc) is 2.92. The van der Waals surface area contributed by atoms with Crippen LogP contribution in [0.5, 0.6) is 0 Å². The highest BCUT2D eigenvalue weighted by Gasteiger charge is 2.32. The third-order valence-electron chi connectivity index (χ3n) is 3.86. The highest BCUT2D eigenvalue weighted by Crippen LogP contribution is 2.21. The molecule has 0 saturated carbocycles. The average molecular weight is 300 g/mol. The molecule has 2 aliphatic rings. The van der Waals surface area contributed by atoms with Gasteiger partial charge in [0, 0.05) is 38.8 Å². The van der Waals surface area contributed by atoms with Crippen molar-refractivity contribution in [3.8, 4) is 0 Å². The normalized spacial score (nSPS) is 24.6. The molecule has 0 amide bonds. The first-order valence-corrected chi connectivity index (χ1v) is 8.43. The van der Waals surface area contributed by atoms with Crippen molar-refractivity contribution in [2.75, 3.05) is 26.2 Å². The minimum Gasteiger partial charge on any atom is -0.374 e. The van der Waals surface area contributed by atoms with E-state index in [2.05, 4.69) is 4.98 Å². The van der Waals surface area contributed by atoms with E-state index in [1.54, 1.807) is 6.20 Å². The molecule has 0 spiro atoms. The van der Waals surface area contributed by atoms with Gasteiger partial charge in [0.1, 0.15) is 5.82 Å². The minimum absolute atomic E-state index is 0.159. The first-order valence-electron chi connectivity index (χ1n) is 6.99. The summed E-state index contributed by atoms with van der Waals surface area (Å²) in [7, 11) is -3.53. The molecule has 7 nitrogen and oxygen atoms in total. The van der Waals surface area contributed by atoms with Gasteiger partial charge in [-0.05, 0) is 12.8 Å². The first-order chi connectivity index (χ1) is 9.61. The Morgan fingerprint density at radius 2 is 2.25 bits per heavy atom. The van der Waals surface area contributed by atoms with Crippen molar-refractivity contribution in [1.29, 1.82) is 0 Å². The molecule has 1 aromatic heterocycles. The molecule has 1 aromatic rings. The van der Waals surface area contributed by atoms with Crippen molar-refractivity contribution in [3.63, 3.8) is 0 Å². The Morgan fingerprint density at radius 1 is 1.40 bits per heavy atom. The molecular formula is C12H20N4O3S. The molecular weight excluding hydrogens is 280 g/mol. The number of imidazole rings is 1. The van der Waals surface area contributed by atoms with Crippen LogP contribution in [0, 0.1) is 0 Å². The van der Waals surface area contributed by atoms with Crippen LogP contribution in [0.2, 0.25) is 0 Å². The van der Waals surface area contributed by atoms with Crippen molar-refractivity contribution in [3.05, 3.63) is 12.0 Å². The van der Waals surface area contributed by atoms with Crippen molar-refractivity contribution in [1.82, 2.24) is 13.9 Å². The van der Waals surface area contributed by atoms with Gasteiger partial charge < -0.3 is 15.0 Å². The lowest BCUT2D eigenvalue weighted by atomic mass is 10.2. The summed E-state index contributed by atoms with van der Waals surface area (Å²) in [5, 5.41) is 0.159. The molecule has 3 rings (SSSR count). The minimum atomic E-state index is -3.53. The van der Waals surface area contributed by atoms with Crippen molar-refractivity contribution >= 4 is 10.0 Å². The zero-order chi connectivity index (χ0) is 14.2. The van der Waals surface area contributed by atoms with E-state index in [9.17, 15) is 8.42 Å². The van der Waals surface area contributed by atoms with E-state index in [0.717, 1.165) is 31.6 Å². The smallest absolute Gasteiger partial charge is 0.262 e. The molecule has 1 fully saturated rings. The van der Waals surface area contributed by atoms with Crippen LogP contribution in [0.15, 0.2) is 11.2 Å². The van der Waals surface area contributed by atoms with Gasteiger partial charge in [-0.15, -0.1) is 0 Å². The lowest BCUT2D eigenvalue weighted by Crippen LogP contribution is -2.48. The van der Waals surface area contributed by atoms with Crippen LogP contribution in [0.4, 0.5) is 0 Å². The molecule has 0 bridgehead atoms. The fraction of sp³-hybridized carbons (Fsp3) is 0.750. The number of hydrogen-bond acceptors (Lipinski definition) is 5. The Labute approximate surface area is 118 Å². The van der Waals surface area contributed by atoms with E-state index in [-0.39, 0.29) is 11.1 Å². The van der Waals surface area contributed by atoms with Gasteiger partial charge in [0.2, 0.25) is 0 Å². The highest BCUT2D eigenvalue weighted by molar-refractivity contribution is 7.89. The summed E-state index contributed by atoms with van der Waals surface area (Å²) in [6.07, 6.45) is 4.44. The monoisotopic (exact) mass is 300 g/mol. The highest BCUT2D eigenvalue weighted by atomic mass is 32.2. The number of ether oxygens (including phenoxy) is 1. The Balaban J connectivity index is 1.85. The third kappa shape index (κ3) is 2.48. The maximum Gasteiger partial charge on any atom is 0.262 e. The number of fused-ring (bicyclic) bond motifs is 1. The van der Waals surface area contributed by atoms with Crippen LogP contribution in [0.3, 0.4) is 0 Å². The van der Waals surface area contributed by atoms with Crippen LogP contribution in [-0.4, -0.2) is 54.6 Å². The summed E-state index contributed by atoms with van der Waals surface area (Å²) in [5.74, 6) is 0.874. The lowest BCUT2D eigenvalue weighted by Gasteiger charge is -2.30. The number of sulfonamides is 1. The molecule has 1 unspecified atom stereocenters. The molecule has 1 saturated heterocycles. The van der Waals surface area contributed by atoms with Crippen molar-refractivity contribution in [2.45, 2.75) is 36.9 Å². The fourth-order valence-corrected chi connectivity index (χ4v) is 4.12. The molecule has 3 heterocycles. The molecule has 2 aliphatic heterocycles. The second kappa shape index (κ2) is 5.44. The Bertz CT molecular complexity index is 560. The zero-order valence-electron chi connectivity index (χ0n) is 11.4. The summed E-state index contributed by atoms with van der Waals surface area (Å²) in [6.45, 7) is 2.23. The Kier molecular flexibility index (Phi) is 3.80. The molecule has 2 N–H and O–H groups in total. The summed E-state index contributed by atoms with van der Waals surface area (Å²) in [5.41, 5.74) is 5.56. The number of nitrogens with two attached hydrogens (primary N) is 1. The number of morpholine rings is 1. The molecule has 0 radical (unpaired) electrons. The number of nitrogens with zero attached hydrogens (tertiary/aromatic N) is 3. The number of rotatable bonds is 3. The largest absolute Gasteiger partial charge is 0.374 e. The second-order valence-electron chi connectivity index (χ2n) is 5.24. The summed E-state index contributed by atoms with van der Waals surface area (Å²) < 4.78 is 34.0. The number of hydrogen-bond donors (Lipinski definition) is 1. The standard InChI is InChI=1S/C12H20N4O3S/c13-7-10-8-16(5-6-19-10)20(17,18)12-9-15-4-2-1-3-11(15)14-12/h9-10H,1-8,13H2. The van der Waals surface area contributed by atoms with Crippen LogP contribution in [0.25, 0.3) is 0 Å². The summed E-state index contributed by atoms with van der Waals surface area (Å²) in [4.78, 5) is 4.31. The van der Waals surface area contributed by atoms with E-state index in [1.807, 2.05) is 4.57 Å². The van der Waals surface area contributed by atoms with Crippen molar-refractivity contribution in [2.24, 2.45) is 5.73 Å². The predicted octanol–water partition coefficient (Wildman–Crippen LogP) is -0.432. The van der Waals surface area contributed by atoms with Crippen LogP contribution < -0.4 is 5.73 Å². The SMILES string of the molecule is NCC1CN(S(=O)(=O)c2cn3c(n2)CCCC3)CCO1. The third-order valence-corrected chi connectivity index (χ3v) is 5.59. The van der Waals surface area contributed by atoms with Crippen LogP contribution in [-0.2, 0) is 27.7 Å². The van der Waals surface area contributed by atoms with Gasteiger partial charge in [-0.2, -0.15) is 4.31 Å². The molecule has 20 heavy (non-hydrogen) atoms. The van der Waals surface area contributed by atoms with Gasteiger partial charge in [0.15, 0.2) is 5.03 Å². The van der Waals surface area contributed by atoms with E-state index in [4.69, 9.17) is 10.5 Å². The predicted molar refractivity (Wildman–Crippen MR) is 72.7 cm³/mol. The quantitative estimate of drug-likeness (QED) is 0.818. The van der Waals surface area contributed by atoms with Gasteiger partial charge in [0.25, 0.3) is 10.0 Å². The van der Waals surface area contributed by atoms with Gasteiger partial charge in [0.05, 0.1) is 12.7 Å². The Morgan fingerprint density at radius 3 is 3.00 bits per heavy atom. The topological polar surface area (TPSA) is 90.5 Å². The maximum absolute atomic E-state index is 12.6. The van der Waals surface area contributed by atoms with Gasteiger partial charge in [-0.25, -0.2) is 13.4 Å². The van der Waals surface area contributed by atoms with Crippen LogP contribution >= 0.6 is 0 Å². The van der Waals surface area contributed by atoms with E-state index in [0.29, 0.717) is 26.2 Å². The van der Waals surface area contributed by atoms with Gasteiger partial charge in [-0.3, -0.25) is 0 Å². The van der Waals surface area contributed by atoms with E-state index < -0.39 is 10.0 Å². The second-order valence-corrected chi connectivity index (χ2v) is 7.12. The number of aromatic nitrogens is 2. The summed E-state index contributed by atoms with van der Waals surface area (Å²) in [6, 6.07) is 0.